The van der Waals surface area contributed by atoms with Crippen LogP contribution in [0.3, 0.4) is 0 Å². The Labute approximate surface area is 136 Å². The second kappa shape index (κ2) is 6.89. The molecule has 0 N–H and O–H groups in total. The van der Waals surface area contributed by atoms with Crippen LogP contribution in [0.2, 0.25) is 0 Å². The van der Waals surface area contributed by atoms with Gasteiger partial charge in [0, 0.05) is 43.3 Å². The maximum atomic E-state index is 4.40. The lowest BCUT2D eigenvalue weighted by Gasteiger charge is -2.40. The lowest BCUT2D eigenvalue weighted by atomic mass is 9.86. The minimum Gasteiger partial charge on any atom is -0.300 e. The lowest BCUT2D eigenvalue weighted by Crippen LogP contribution is -2.40. The third kappa shape index (κ3) is 3.56. The molecule has 1 saturated heterocycles. The molecule has 0 amide bonds. The zero-order chi connectivity index (χ0) is 15.5. The smallest absolute Gasteiger partial charge is 0.0795 e. The normalized spacial score (nSPS) is 23.3. The zero-order valence-electron chi connectivity index (χ0n) is 13.6. The molecule has 1 aliphatic heterocycles. The molecule has 2 aromatic rings. The van der Waals surface area contributed by atoms with E-state index in [9.17, 15) is 0 Å². The number of nitrogens with zero attached hydrogens (tertiary/aromatic N) is 5. The summed E-state index contributed by atoms with van der Waals surface area (Å²) >= 11 is 1.67. The van der Waals surface area contributed by atoms with E-state index in [4.69, 9.17) is 0 Å². The van der Waals surface area contributed by atoms with Gasteiger partial charge in [0.25, 0.3) is 0 Å². The van der Waals surface area contributed by atoms with Crippen molar-refractivity contribution < 1.29 is 0 Å². The second-order valence-electron chi connectivity index (χ2n) is 6.45. The summed E-state index contributed by atoms with van der Waals surface area (Å²) < 4.78 is 1.91. The predicted molar refractivity (Wildman–Crippen MR) is 89.8 cm³/mol. The summed E-state index contributed by atoms with van der Waals surface area (Å²) in [6.07, 6.45) is 6.76. The van der Waals surface area contributed by atoms with Crippen LogP contribution >= 0.6 is 11.3 Å². The molecule has 3 rings (SSSR count). The third-order valence-corrected chi connectivity index (χ3v) is 5.17. The molecule has 22 heavy (non-hydrogen) atoms. The van der Waals surface area contributed by atoms with Gasteiger partial charge in [-0.3, -0.25) is 9.58 Å². The molecule has 0 unspecified atom stereocenters. The first kappa shape index (κ1) is 15.6. The molecule has 2 aromatic heterocycles. The number of hydrogen-bond donors (Lipinski definition) is 0. The summed E-state index contributed by atoms with van der Waals surface area (Å²) in [7, 11) is 6.44. The average molecular weight is 319 g/mol. The van der Waals surface area contributed by atoms with E-state index in [1.165, 1.54) is 30.6 Å². The van der Waals surface area contributed by atoms with Gasteiger partial charge in [0.1, 0.15) is 0 Å². The van der Waals surface area contributed by atoms with Crippen LogP contribution in [-0.4, -0.2) is 51.7 Å². The van der Waals surface area contributed by atoms with E-state index in [1.54, 1.807) is 11.3 Å². The van der Waals surface area contributed by atoms with Crippen LogP contribution in [0.4, 0.5) is 0 Å². The first-order valence-corrected chi connectivity index (χ1v) is 8.82. The Bertz CT molecular complexity index is 579. The highest BCUT2D eigenvalue weighted by Gasteiger charge is 2.32. The van der Waals surface area contributed by atoms with Gasteiger partial charge in [-0.1, -0.05) is 0 Å². The van der Waals surface area contributed by atoms with Crippen molar-refractivity contribution in [1.82, 2.24) is 24.6 Å². The highest BCUT2D eigenvalue weighted by atomic mass is 32.1. The summed E-state index contributed by atoms with van der Waals surface area (Å²) in [5.74, 6) is 0.645. The molecule has 3 heterocycles. The van der Waals surface area contributed by atoms with Crippen molar-refractivity contribution >= 4 is 11.3 Å². The maximum absolute atomic E-state index is 4.40. The molecule has 0 spiro atoms. The zero-order valence-corrected chi connectivity index (χ0v) is 14.5. The number of hydrogen-bond acceptors (Lipinski definition) is 5. The number of likely N-dealkylation sites (tertiary alicyclic amines) is 1. The highest BCUT2D eigenvalue weighted by molar-refractivity contribution is 7.07. The van der Waals surface area contributed by atoms with Gasteiger partial charge in [0.05, 0.1) is 17.4 Å². The molecule has 5 nitrogen and oxygen atoms in total. The summed E-state index contributed by atoms with van der Waals surface area (Å²) in [4.78, 5) is 9.29. The fraction of sp³-hybridized carbons (Fsp3) is 0.625. The number of rotatable bonds is 5. The van der Waals surface area contributed by atoms with Gasteiger partial charge in [-0.25, -0.2) is 4.98 Å². The second-order valence-corrected chi connectivity index (χ2v) is 7.17. The number of aryl methyl sites for hydroxylation is 1. The Morgan fingerprint density at radius 3 is 2.95 bits per heavy atom. The number of aromatic nitrogens is 3. The monoisotopic (exact) mass is 319 g/mol. The van der Waals surface area contributed by atoms with Crippen molar-refractivity contribution in [2.24, 2.45) is 13.0 Å². The Balaban J connectivity index is 1.69. The molecular weight excluding hydrogens is 294 g/mol. The topological polar surface area (TPSA) is 37.2 Å². The van der Waals surface area contributed by atoms with E-state index in [2.05, 4.69) is 45.6 Å². The van der Waals surface area contributed by atoms with Crippen molar-refractivity contribution in [3.05, 3.63) is 34.5 Å². The fourth-order valence-electron chi connectivity index (χ4n) is 3.63. The van der Waals surface area contributed by atoms with E-state index in [-0.39, 0.29) is 0 Å². The first-order chi connectivity index (χ1) is 10.6. The van der Waals surface area contributed by atoms with Crippen molar-refractivity contribution in [3.63, 3.8) is 0 Å². The Morgan fingerprint density at radius 2 is 2.27 bits per heavy atom. The molecule has 1 fully saturated rings. The third-order valence-electron chi connectivity index (χ3n) is 4.54. The molecule has 0 bridgehead atoms. The van der Waals surface area contributed by atoms with Gasteiger partial charge in [-0.05, 0) is 39.4 Å². The van der Waals surface area contributed by atoms with Crippen molar-refractivity contribution in [3.8, 4) is 0 Å². The molecule has 2 atom stereocenters. The molecule has 0 aromatic carbocycles. The van der Waals surface area contributed by atoms with Gasteiger partial charge in [-0.2, -0.15) is 5.10 Å². The summed E-state index contributed by atoms with van der Waals surface area (Å²) in [6.45, 7) is 3.21. The van der Waals surface area contributed by atoms with E-state index in [1.807, 2.05) is 23.4 Å². The van der Waals surface area contributed by atoms with Crippen LogP contribution < -0.4 is 0 Å². The summed E-state index contributed by atoms with van der Waals surface area (Å²) in [5, 5.41) is 6.51. The van der Waals surface area contributed by atoms with Gasteiger partial charge in [0.2, 0.25) is 0 Å². The number of thiazole rings is 1. The van der Waals surface area contributed by atoms with Crippen LogP contribution in [0.5, 0.6) is 0 Å². The summed E-state index contributed by atoms with van der Waals surface area (Å²) in [5.41, 5.74) is 4.43. The Kier molecular flexibility index (Phi) is 4.90. The van der Waals surface area contributed by atoms with Gasteiger partial charge in [-0.15, -0.1) is 11.3 Å². The SMILES string of the molecule is CN(Cc1cscn1)C[C@@H]1CCCN(C)[C@H]1c1cnn(C)c1. The first-order valence-electron chi connectivity index (χ1n) is 7.88. The van der Waals surface area contributed by atoms with Crippen LogP contribution in [-0.2, 0) is 13.6 Å². The maximum Gasteiger partial charge on any atom is 0.0795 e. The van der Waals surface area contributed by atoms with Crippen LogP contribution in [0.25, 0.3) is 0 Å². The van der Waals surface area contributed by atoms with E-state index < -0.39 is 0 Å². The van der Waals surface area contributed by atoms with E-state index in [0.717, 1.165) is 13.1 Å². The van der Waals surface area contributed by atoms with Gasteiger partial charge >= 0.3 is 0 Å². The van der Waals surface area contributed by atoms with Gasteiger partial charge < -0.3 is 4.90 Å². The van der Waals surface area contributed by atoms with Crippen LogP contribution in [0.1, 0.15) is 30.1 Å². The Morgan fingerprint density at radius 1 is 1.41 bits per heavy atom. The fourth-order valence-corrected chi connectivity index (χ4v) is 4.18. The molecule has 0 radical (unpaired) electrons. The van der Waals surface area contributed by atoms with Crippen molar-refractivity contribution in [2.45, 2.75) is 25.4 Å². The number of piperidine rings is 1. The van der Waals surface area contributed by atoms with Crippen LogP contribution in [0.15, 0.2) is 23.3 Å². The highest BCUT2D eigenvalue weighted by Crippen LogP contribution is 2.35. The molecular formula is C16H25N5S. The summed E-state index contributed by atoms with van der Waals surface area (Å²) in [6, 6.07) is 0.473. The largest absolute Gasteiger partial charge is 0.300 e. The predicted octanol–water partition coefficient (Wildman–Crippen LogP) is 2.39. The van der Waals surface area contributed by atoms with Crippen LogP contribution in [0, 0.1) is 5.92 Å². The molecule has 120 valence electrons. The van der Waals surface area contributed by atoms with Crippen molar-refractivity contribution in [1.29, 1.82) is 0 Å². The minimum atomic E-state index is 0.473. The average Bonchev–Trinajstić information content (AvgIpc) is 3.11. The molecule has 0 aliphatic carbocycles. The minimum absolute atomic E-state index is 0.473. The van der Waals surface area contributed by atoms with Crippen molar-refractivity contribution in [2.75, 3.05) is 27.2 Å². The van der Waals surface area contributed by atoms with E-state index in [0.29, 0.717) is 12.0 Å². The standard InChI is InChI=1S/C16H25N5S/c1-19(10-15-11-22-12-17-15)8-13-5-4-6-20(2)16(13)14-7-18-21(3)9-14/h7,9,11-13,16H,4-6,8,10H2,1-3H3/t13-,16+/m0/s1. The van der Waals surface area contributed by atoms with E-state index >= 15 is 0 Å². The molecule has 6 heteroatoms. The van der Waals surface area contributed by atoms with Gasteiger partial charge in [0.15, 0.2) is 0 Å². The lowest BCUT2D eigenvalue weighted by molar-refractivity contribution is 0.0923. The quantitative estimate of drug-likeness (QED) is 0.848. The molecule has 1 aliphatic rings. The Hall–Kier alpha value is -1.24. The molecule has 0 saturated carbocycles.